The maximum absolute atomic E-state index is 4.50. The van der Waals surface area contributed by atoms with Gasteiger partial charge in [0.25, 0.3) is 0 Å². The van der Waals surface area contributed by atoms with Crippen molar-refractivity contribution >= 4 is 34.1 Å². The van der Waals surface area contributed by atoms with E-state index in [1.807, 2.05) is 6.07 Å². The van der Waals surface area contributed by atoms with Crippen LogP contribution in [0.3, 0.4) is 0 Å². The van der Waals surface area contributed by atoms with Crippen molar-refractivity contribution in [3.63, 3.8) is 0 Å². The van der Waals surface area contributed by atoms with E-state index in [-0.39, 0.29) is 0 Å². The van der Waals surface area contributed by atoms with E-state index in [0.717, 1.165) is 11.5 Å². The molecule has 0 saturated heterocycles. The molecule has 0 aliphatic carbocycles. The SMILES string of the molecule is SCc1nccc(-c2csc3ccccc23)n1. The van der Waals surface area contributed by atoms with Gasteiger partial charge in [-0.25, -0.2) is 9.97 Å². The quantitative estimate of drug-likeness (QED) is 0.708. The van der Waals surface area contributed by atoms with Gasteiger partial charge in [-0.15, -0.1) is 11.3 Å². The van der Waals surface area contributed by atoms with Crippen molar-refractivity contribution in [2.24, 2.45) is 0 Å². The Bertz CT molecular complexity index is 661. The predicted molar refractivity (Wildman–Crippen MR) is 75.5 cm³/mol. The van der Waals surface area contributed by atoms with Crippen molar-refractivity contribution in [1.29, 1.82) is 0 Å². The summed E-state index contributed by atoms with van der Waals surface area (Å²) in [6, 6.07) is 10.3. The van der Waals surface area contributed by atoms with Gasteiger partial charge in [-0.05, 0) is 12.1 Å². The molecule has 0 N–H and O–H groups in total. The Morgan fingerprint density at radius 2 is 2.06 bits per heavy atom. The number of nitrogens with zero attached hydrogens (tertiary/aromatic N) is 2. The van der Waals surface area contributed by atoms with E-state index in [4.69, 9.17) is 0 Å². The molecule has 1 aromatic carbocycles. The van der Waals surface area contributed by atoms with Crippen LogP contribution in [0.5, 0.6) is 0 Å². The molecule has 0 unspecified atom stereocenters. The first kappa shape index (κ1) is 10.7. The molecule has 0 saturated carbocycles. The van der Waals surface area contributed by atoms with E-state index in [2.05, 4.69) is 52.2 Å². The van der Waals surface area contributed by atoms with Gasteiger partial charge in [-0.1, -0.05) is 18.2 Å². The topological polar surface area (TPSA) is 25.8 Å². The van der Waals surface area contributed by atoms with E-state index >= 15 is 0 Å². The second-order valence-electron chi connectivity index (χ2n) is 3.66. The van der Waals surface area contributed by atoms with E-state index in [1.54, 1.807) is 17.5 Å². The molecular weight excluding hydrogens is 248 g/mol. The second kappa shape index (κ2) is 4.47. The fourth-order valence-corrected chi connectivity index (χ4v) is 2.91. The molecule has 0 amide bonds. The van der Waals surface area contributed by atoms with Gasteiger partial charge in [-0.2, -0.15) is 12.6 Å². The van der Waals surface area contributed by atoms with Crippen LogP contribution < -0.4 is 0 Å². The summed E-state index contributed by atoms with van der Waals surface area (Å²) in [6.45, 7) is 0. The zero-order valence-electron chi connectivity index (χ0n) is 9.00. The number of hydrogen-bond donors (Lipinski definition) is 1. The van der Waals surface area contributed by atoms with Crippen LogP contribution in [0.1, 0.15) is 5.82 Å². The van der Waals surface area contributed by atoms with Crippen LogP contribution in [0.4, 0.5) is 0 Å². The minimum atomic E-state index is 0.565. The largest absolute Gasteiger partial charge is 0.240 e. The van der Waals surface area contributed by atoms with Gasteiger partial charge in [0.05, 0.1) is 11.4 Å². The van der Waals surface area contributed by atoms with Crippen LogP contribution in [0.15, 0.2) is 41.9 Å². The fraction of sp³-hybridized carbons (Fsp3) is 0.0769. The van der Waals surface area contributed by atoms with Gasteiger partial charge in [0.15, 0.2) is 0 Å². The molecule has 0 bridgehead atoms. The summed E-state index contributed by atoms with van der Waals surface area (Å²) in [7, 11) is 0. The third-order valence-corrected chi connectivity index (χ3v) is 3.85. The molecule has 4 heteroatoms. The molecule has 0 aliphatic heterocycles. The predicted octanol–water partition coefficient (Wildman–Crippen LogP) is 3.79. The van der Waals surface area contributed by atoms with Gasteiger partial charge in [-0.3, -0.25) is 0 Å². The van der Waals surface area contributed by atoms with Crippen molar-refractivity contribution in [2.75, 3.05) is 0 Å². The molecule has 2 heterocycles. The van der Waals surface area contributed by atoms with Gasteiger partial charge in [0.1, 0.15) is 5.82 Å². The summed E-state index contributed by atoms with van der Waals surface area (Å²) >= 11 is 5.95. The van der Waals surface area contributed by atoms with E-state index in [9.17, 15) is 0 Å². The highest BCUT2D eigenvalue weighted by molar-refractivity contribution is 7.79. The molecule has 3 rings (SSSR count). The van der Waals surface area contributed by atoms with Gasteiger partial charge < -0.3 is 0 Å². The standard InChI is InChI=1S/C13H10N2S2/c16-7-13-14-6-5-11(15-13)10-8-17-12-4-2-1-3-9(10)12/h1-6,8,16H,7H2. The number of hydrogen-bond acceptors (Lipinski definition) is 4. The molecular formula is C13H10N2S2. The summed E-state index contributed by atoms with van der Waals surface area (Å²) in [5.41, 5.74) is 2.15. The molecule has 2 nitrogen and oxygen atoms in total. The molecule has 17 heavy (non-hydrogen) atoms. The van der Waals surface area contributed by atoms with Crippen LogP contribution in [0.2, 0.25) is 0 Å². The molecule has 0 radical (unpaired) electrons. The lowest BCUT2D eigenvalue weighted by atomic mass is 10.1. The van der Waals surface area contributed by atoms with Crippen molar-refractivity contribution in [3.8, 4) is 11.3 Å². The van der Waals surface area contributed by atoms with Crippen molar-refractivity contribution in [1.82, 2.24) is 9.97 Å². The number of fused-ring (bicyclic) bond motifs is 1. The Hall–Kier alpha value is -1.39. The summed E-state index contributed by atoms with van der Waals surface area (Å²) in [4.78, 5) is 8.67. The van der Waals surface area contributed by atoms with Crippen molar-refractivity contribution in [2.45, 2.75) is 5.75 Å². The summed E-state index contributed by atoms with van der Waals surface area (Å²) in [5, 5.41) is 3.40. The molecule has 0 aliphatic rings. The van der Waals surface area contributed by atoms with Crippen LogP contribution in [-0.2, 0) is 5.75 Å². The third-order valence-electron chi connectivity index (χ3n) is 2.60. The van der Waals surface area contributed by atoms with Crippen molar-refractivity contribution < 1.29 is 0 Å². The van der Waals surface area contributed by atoms with Crippen LogP contribution >= 0.6 is 24.0 Å². The number of thiophene rings is 1. The van der Waals surface area contributed by atoms with E-state index in [1.165, 1.54) is 15.6 Å². The highest BCUT2D eigenvalue weighted by Gasteiger charge is 2.07. The van der Waals surface area contributed by atoms with E-state index < -0.39 is 0 Å². The average molecular weight is 258 g/mol. The lowest BCUT2D eigenvalue weighted by Crippen LogP contribution is -1.92. The molecule has 3 aromatic rings. The minimum Gasteiger partial charge on any atom is -0.240 e. The zero-order chi connectivity index (χ0) is 11.7. The highest BCUT2D eigenvalue weighted by Crippen LogP contribution is 2.32. The smallest absolute Gasteiger partial charge is 0.138 e. The molecule has 0 spiro atoms. The van der Waals surface area contributed by atoms with Gasteiger partial charge >= 0.3 is 0 Å². The van der Waals surface area contributed by atoms with E-state index in [0.29, 0.717) is 5.75 Å². The molecule has 0 fully saturated rings. The number of rotatable bonds is 2. The maximum atomic E-state index is 4.50. The normalized spacial score (nSPS) is 10.9. The molecule has 2 aromatic heterocycles. The highest BCUT2D eigenvalue weighted by atomic mass is 32.1. The van der Waals surface area contributed by atoms with Gasteiger partial charge in [0.2, 0.25) is 0 Å². The lowest BCUT2D eigenvalue weighted by Gasteiger charge is -2.00. The van der Waals surface area contributed by atoms with Crippen LogP contribution in [0, 0.1) is 0 Å². The minimum absolute atomic E-state index is 0.565. The third kappa shape index (κ3) is 1.94. The lowest BCUT2D eigenvalue weighted by molar-refractivity contribution is 1.04. The maximum Gasteiger partial charge on any atom is 0.138 e. The van der Waals surface area contributed by atoms with Crippen LogP contribution in [-0.4, -0.2) is 9.97 Å². The fourth-order valence-electron chi connectivity index (χ4n) is 1.80. The second-order valence-corrected chi connectivity index (χ2v) is 4.89. The Balaban J connectivity index is 2.20. The first-order valence-corrected chi connectivity index (χ1v) is 6.79. The summed E-state index contributed by atoms with van der Waals surface area (Å²) < 4.78 is 1.29. The van der Waals surface area contributed by atoms with Gasteiger partial charge in [0, 0.05) is 27.2 Å². The Morgan fingerprint density at radius 3 is 2.94 bits per heavy atom. The number of thiol groups is 1. The van der Waals surface area contributed by atoms with Crippen LogP contribution in [0.25, 0.3) is 21.3 Å². The average Bonchev–Trinajstić information content (AvgIpc) is 2.82. The summed E-state index contributed by atoms with van der Waals surface area (Å²) in [5.74, 6) is 1.33. The van der Waals surface area contributed by atoms with Crippen molar-refractivity contribution in [3.05, 3.63) is 47.7 Å². The Morgan fingerprint density at radius 1 is 1.18 bits per heavy atom. The zero-order valence-corrected chi connectivity index (χ0v) is 10.7. The molecule has 0 atom stereocenters. The number of aromatic nitrogens is 2. The first-order valence-electron chi connectivity index (χ1n) is 5.28. The number of benzene rings is 1. The monoisotopic (exact) mass is 258 g/mol. The first-order chi connectivity index (χ1) is 8.38. The Labute approximate surface area is 109 Å². The molecule has 84 valence electrons. The summed E-state index contributed by atoms with van der Waals surface area (Å²) in [6.07, 6.45) is 1.79. The Kier molecular flexibility index (Phi) is 2.82.